The quantitative estimate of drug-likeness (QED) is 0.738. The second kappa shape index (κ2) is 4.76. The van der Waals surface area contributed by atoms with E-state index in [-0.39, 0.29) is 6.42 Å². The topological polar surface area (TPSA) is 58.4 Å². The Labute approximate surface area is 82.9 Å². The van der Waals surface area contributed by atoms with Crippen molar-refractivity contribution in [2.75, 3.05) is 13.6 Å². The van der Waals surface area contributed by atoms with Gasteiger partial charge in [0.25, 0.3) is 0 Å². The first-order chi connectivity index (χ1) is 6.58. The maximum Gasteiger partial charge on any atom is 0.304 e. The SMILES string of the molecule is CN(CCC(=O)O)Cc1ccn(C)n1. The number of aromatic nitrogens is 2. The lowest BCUT2D eigenvalue weighted by Crippen LogP contribution is -2.21. The normalized spacial score (nSPS) is 10.8. The predicted molar refractivity (Wildman–Crippen MR) is 51.8 cm³/mol. The molecule has 78 valence electrons. The van der Waals surface area contributed by atoms with Crippen LogP contribution in [-0.2, 0) is 18.4 Å². The molecular formula is C9H15N3O2. The van der Waals surface area contributed by atoms with Crippen LogP contribution < -0.4 is 0 Å². The summed E-state index contributed by atoms with van der Waals surface area (Å²) in [4.78, 5) is 12.3. The molecule has 1 aromatic heterocycles. The van der Waals surface area contributed by atoms with Crippen LogP contribution >= 0.6 is 0 Å². The van der Waals surface area contributed by atoms with Gasteiger partial charge in [-0.15, -0.1) is 0 Å². The molecule has 0 spiro atoms. The van der Waals surface area contributed by atoms with E-state index in [4.69, 9.17) is 5.11 Å². The summed E-state index contributed by atoms with van der Waals surface area (Å²) in [6.45, 7) is 1.24. The van der Waals surface area contributed by atoms with Crippen LogP contribution in [0.5, 0.6) is 0 Å². The summed E-state index contributed by atoms with van der Waals surface area (Å²) >= 11 is 0. The molecule has 0 unspecified atom stereocenters. The van der Waals surface area contributed by atoms with Crippen LogP contribution in [0.1, 0.15) is 12.1 Å². The Kier molecular flexibility index (Phi) is 3.64. The van der Waals surface area contributed by atoms with E-state index in [1.165, 1.54) is 0 Å². The maximum atomic E-state index is 10.3. The van der Waals surface area contributed by atoms with Gasteiger partial charge in [-0.3, -0.25) is 14.4 Å². The first-order valence-corrected chi connectivity index (χ1v) is 4.47. The number of hydrogen-bond acceptors (Lipinski definition) is 3. The van der Waals surface area contributed by atoms with Gasteiger partial charge in [-0.2, -0.15) is 5.10 Å². The van der Waals surface area contributed by atoms with E-state index in [2.05, 4.69) is 5.10 Å². The predicted octanol–water partition coefficient (Wildman–Crippen LogP) is 0.327. The number of rotatable bonds is 5. The van der Waals surface area contributed by atoms with Crippen molar-refractivity contribution in [1.29, 1.82) is 0 Å². The summed E-state index contributed by atoms with van der Waals surface area (Å²) in [7, 11) is 3.75. The lowest BCUT2D eigenvalue weighted by atomic mass is 10.3. The third-order valence-corrected chi connectivity index (χ3v) is 1.91. The van der Waals surface area contributed by atoms with E-state index in [1.807, 2.05) is 31.3 Å². The Balaban J connectivity index is 2.33. The van der Waals surface area contributed by atoms with Gasteiger partial charge in [0.05, 0.1) is 12.1 Å². The third-order valence-electron chi connectivity index (χ3n) is 1.91. The van der Waals surface area contributed by atoms with Crippen LogP contribution in [0.2, 0.25) is 0 Å². The van der Waals surface area contributed by atoms with Gasteiger partial charge in [0.2, 0.25) is 0 Å². The van der Waals surface area contributed by atoms with Crippen molar-refractivity contribution < 1.29 is 9.90 Å². The molecular weight excluding hydrogens is 182 g/mol. The highest BCUT2D eigenvalue weighted by Gasteiger charge is 2.04. The fourth-order valence-electron chi connectivity index (χ4n) is 1.19. The van der Waals surface area contributed by atoms with E-state index < -0.39 is 5.97 Å². The molecule has 0 aliphatic heterocycles. The van der Waals surface area contributed by atoms with E-state index in [9.17, 15) is 4.79 Å². The fourth-order valence-corrected chi connectivity index (χ4v) is 1.19. The van der Waals surface area contributed by atoms with Gasteiger partial charge in [0, 0.05) is 26.3 Å². The molecule has 0 aromatic carbocycles. The van der Waals surface area contributed by atoms with Crippen molar-refractivity contribution in [2.24, 2.45) is 7.05 Å². The molecule has 0 aliphatic carbocycles. The van der Waals surface area contributed by atoms with Crippen LogP contribution in [0.4, 0.5) is 0 Å². The number of carbonyl (C=O) groups is 1. The van der Waals surface area contributed by atoms with Crippen molar-refractivity contribution in [3.05, 3.63) is 18.0 Å². The molecule has 1 aromatic rings. The molecule has 5 nitrogen and oxygen atoms in total. The highest BCUT2D eigenvalue weighted by Crippen LogP contribution is 1.99. The molecule has 0 saturated heterocycles. The summed E-state index contributed by atoms with van der Waals surface area (Å²) < 4.78 is 1.74. The van der Waals surface area contributed by atoms with Crippen LogP contribution in [0.25, 0.3) is 0 Å². The lowest BCUT2D eigenvalue weighted by molar-refractivity contribution is -0.137. The second-order valence-corrected chi connectivity index (χ2v) is 3.36. The molecule has 0 saturated carbocycles. The summed E-state index contributed by atoms with van der Waals surface area (Å²) in [5.74, 6) is -0.766. The van der Waals surface area contributed by atoms with Gasteiger partial charge in [-0.25, -0.2) is 0 Å². The number of aliphatic carboxylic acids is 1. The molecule has 0 atom stereocenters. The zero-order valence-corrected chi connectivity index (χ0v) is 8.47. The zero-order valence-electron chi connectivity index (χ0n) is 8.47. The van der Waals surface area contributed by atoms with E-state index >= 15 is 0 Å². The summed E-state index contributed by atoms with van der Waals surface area (Å²) in [6.07, 6.45) is 2.05. The summed E-state index contributed by atoms with van der Waals surface area (Å²) in [5, 5.41) is 12.7. The monoisotopic (exact) mass is 197 g/mol. The lowest BCUT2D eigenvalue weighted by Gasteiger charge is -2.13. The fraction of sp³-hybridized carbons (Fsp3) is 0.556. The van der Waals surface area contributed by atoms with Gasteiger partial charge in [0.15, 0.2) is 0 Å². The largest absolute Gasteiger partial charge is 0.481 e. The minimum atomic E-state index is -0.766. The first kappa shape index (κ1) is 10.7. The Bertz CT molecular complexity index is 309. The molecule has 5 heteroatoms. The molecule has 1 heterocycles. The van der Waals surface area contributed by atoms with Crippen molar-refractivity contribution in [3.8, 4) is 0 Å². The summed E-state index contributed by atoms with van der Waals surface area (Å²) in [6, 6.07) is 1.93. The molecule has 0 bridgehead atoms. The van der Waals surface area contributed by atoms with Crippen LogP contribution in [0.3, 0.4) is 0 Å². The highest BCUT2D eigenvalue weighted by atomic mass is 16.4. The molecule has 0 amide bonds. The van der Waals surface area contributed by atoms with Gasteiger partial charge in [-0.1, -0.05) is 0 Å². The van der Waals surface area contributed by atoms with Gasteiger partial charge < -0.3 is 5.11 Å². The van der Waals surface area contributed by atoms with Crippen molar-refractivity contribution >= 4 is 5.97 Å². The van der Waals surface area contributed by atoms with E-state index in [1.54, 1.807) is 4.68 Å². The molecule has 1 N–H and O–H groups in total. The molecule has 0 fully saturated rings. The minimum Gasteiger partial charge on any atom is -0.481 e. The van der Waals surface area contributed by atoms with E-state index in [0.717, 1.165) is 5.69 Å². The number of hydrogen-bond donors (Lipinski definition) is 1. The highest BCUT2D eigenvalue weighted by molar-refractivity contribution is 5.66. The molecule has 1 rings (SSSR count). The second-order valence-electron chi connectivity index (χ2n) is 3.36. The van der Waals surface area contributed by atoms with Crippen LogP contribution in [0.15, 0.2) is 12.3 Å². The zero-order chi connectivity index (χ0) is 10.6. The van der Waals surface area contributed by atoms with Crippen LogP contribution in [0, 0.1) is 0 Å². The number of carboxylic acids is 1. The molecule has 0 aliphatic rings. The first-order valence-electron chi connectivity index (χ1n) is 4.47. The Morgan fingerprint density at radius 2 is 2.43 bits per heavy atom. The van der Waals surface area contributed by atoms with Gasteiger partial charge in [0.1, 0.15) is 0 Å². The van der Waals surface area contributed by atoms with Gasteiger partial charge >= 0.3 is 5.97 Å². The number of carboxylic acid groups (broad SMARTS) is 1. The third kappa shape index (κ3) is 3.57. The van der Waals surface area contributed by atoms with Crippen molar-refractivity contribution in [3.63, 3.8) is 0 Å². The Morgan fingerprint density at radius 1 is 1.71 bits per heavy atom. The average Bonchev–Trinajstić information content (AvgIpc) is 2.48. The number of aryl methyl sites for hydroxylation is 1. The molecule has 0 radical (unpaired) electrons. The Hall–Kier alpha value is -1.36. The smallest absolute Gasteiger partial charge is 0.304 e. The van der Waals surface area contributed by atoms with E-state index in [0.29, 0.717) is 13.1 Å². The van der Waals surface area contributed by atoms with Gasteiger partial charge in [-0.05, 0) is 13.1 Å². The summed E-state index contributed by atoms with van der Waals surface area (Å²) in [5.41, 5.74) is 0.959. The van der Waals surface area contributed by atoms with Crippen molar-refractivity contribution in [2.45, 2.75) is 13.0 Å². The maximum absolute atomic E-state index is 10.3. The average molecular weight is 197 g/mol. The Morgan fingerprint density at radius 3 is 2.93 bits per heavy atom. The minimum absolute atomic E-state index is 0.170. The number of nitrogens with zero attached hydrogens (tertiary/aromatic N) is 3. The standard InChI is InChI=1S/C9H15N3O2/c1-11(5-4-9(13)14)7-8-3-6-12(2)10-8/h3,6H,4-5,7H2,1-2H3,(H,13,14). The molecule has 14 heavy (non-hydrogen) atoms. The van der Waals surface area contributed by atoms with Crippen LogP contribution in [-0.4, -0.2) is 39.3 Å². The van der Waals surface area contributed by atoms with Crippen molar-refractivity contribution in [1.82, 2.24) is 14.7 Å².